The molecule has 0 bridgehead atoms. The summed E-state index contributed by atoms with van der Waals surface area (Å²) in [5, 5.41) is 3.73. The van der Waals surface area contributed by atoms with Crippen molar-refractivity contribution in [2.45, 2.75) is 13.3 Å². The molecule has 7 rings (SSSR count). The Hall–Kier alpha value is -5.13. The average Bonchev–Trinajstić information content (AvgIpc) is 3.11. The Kier molecular flexibility index (Phi) is 8.17. The van der Waals surface area contributed by atoms with Crippen LogP contribution in [0.4, 0.5) is 11.6 Å². The smallest absolute Gasteiger partial charge is 0.231 e. The van der Waals surface area contributed by atoms with Crippen LogP contribution in [-0.2, 0) is 0 Å². The van der Waals surface area contributed by atoms with Gasteiger partial charge in [-0.15, -0.1) is 0 Å². The van der Waals surface area contributed by atoms with E-state index in [0.717, 1.165) is 50.0 Å². The lowest BCUT2D eigenvalue weighted by molar-refractivity contribution is 0.758. The molecule has 5 heteroatoms. The average molecular weight is 648 g/mol. The molecule has 4 nitrogen and oxygen atoms in total. The number of benzene rings is 5. The van der Waals surface area contributed by atoms with Crippen molar-refractivity contribution in [2.24, 2.45) is 5.92 Å². The van der Waals surface area contributed by atoms with Gasteiger partial charge in [0.15, 0.2) is 11.6 Å². The van der Waals surface area contributed by atoms with E-state index in [0.29, 0.717) is 23.5 Å². The van der Waals surface area contributed by atoms with E-state index in [1.807, 2.05) is 60.7 Å². The van der Waals surface area contributed by atoms with Crippen LogP contribution in [0.5, 0.6) is 0 Å². The second kappa shape index (κ2) is 12.8. The van der Waals surface area contributed by atoms with Gasteiger partial charge in [0.05, 0.1) is 5.69 Å². The van der Waals surface area contributed by atoms with Crippen molar-refractivity contribution in [2.75, 3.05) is 5.32 Å². The van der Waals surface area contributed by atoms with Crippen molar-refractivity contribution in [3.05, 3.63) is 156 Å². The van der Waals surface area contributed by atoms with E-state index < -0.39 is 0 Å². The lowest BCUT2D eigenvalue weighted by atomic mass is 9.83. The maximum Gasteiger partial charge on any atom is 0.231 e. The molecule has 1 aromatic heterocycles. The minimum Gasteiger partial charge on any atom is -0.323 e. The zero-order chi connectivity index (χ0) is 30.6. The monoisotopic (exact) mass is 646 g/mol. The summed E-state index contributed by atoms with van der Waals surface area (Å²) in [5.74, 6) is 2.05. The highest BCUT2D eigenvalue weighted by molar-refractivity contribution is 9.11. The molecule has 1 aliphatic rings. The van der Waals surface area contributed by atoms with Crippen molar-refractivity contribution in [3.63, 3.8) is 0 Å². The fourth-order valence-electron chi connectivity index (χ4n) is 5.73. The number of nitrogens with one attached hydrogen (secondary N) is 1. The number of hydrogen-bond acceptors (Lipinski definition) is 4. The normalized spacial score (nSPS) is 14.4. The van der Waals surface area contributed by atoms with E-state index in [4.69, 9.17) is 15.0 Å². The van der Waals surface area contributed by atoms with E-state index in [1.54, 1.807) is 0 Å². The lowest BCUT2D eigenvalue weighted by Gasteiger charge is -2.25. The molecular formula is C40H31BrN4. The Morgan fingerprint density at radius 2 is 1.07 bits per heavy atom. The molecule has 1 aliphatic carbocycles. The third kappa shape index (κ3) is 6.26. The first-order valence-corrected chi connectivity index (χ1v) is 15.9. The standard InChI is InChI=1S/C40H31BrN4/c1-27-22-23-33(41)26-34(27)36-25-32(28-14-6-2-7-15-28)24-35(29-16-8-3-9-17-29)37(36)42-40-44-38(30-18-10-4-11-19-30)43-39(45-40)31-20-12-5-13-21-31/h2-21,23-27H,22H2,1H3,(H,42,43,44,45). The summed E-state index contributed by atoms with van der Waals surface area (Å²) in [4.78, 5) is 14.9. The van der Waals surface area contributed by atoms with Crippen molar-refractivity contribution in [3.8, 4) is 45.0 Å². The maximum atomic E-state index is 4.99. The lowest BCUT2D eigenvalue weighted by Crippen LogP contribution is -2.09. The van der Waals surface area contributed by atoms with Gasteiger partial charge in [0.25, 0.3) is 0 Å². The van der Waals surface area contributed by atoms with Crippen molar-refractivity contribution in [1.29, 1.82) is 0 Å². The molecule has 1 N–H and O–H groups in total. The van der Waals surface area contributed by atoms with Gasteiger partial charge < -0.3 is 5.32 Å². The van der Waals surface area contributed by atoms with Crippen LogP contribution >= 0.6 is 15.9 Å². The summed E-state index contributed by atoms with van der Waals surface area (Å²) in [6, 6.07) is 45.8. The van der Waals surface area contributed by atoms with E-state index in [9.17, 15) is 0 Å². The summed E-state index contributed by atoms with van der Waals surface area (Å²) >= 11 is 3.77. The Balaban J connectivity index is 1.48. The van der Waals surface area contributed by atoms with Crippen LogP contribution in [0.2, 0.25) is 0 Å². The first kappa shape index (κ1) is 28.6. The zero-order valence-corrected chi connectivity index (χ0v) is 26.4. The molecule has 1 atom stereocenters. The molecule has 0 amide bonds. The number of hydrogen-bond donors (Lipinski definition) is 1. The summed E-state index contributed by atoms with van der Waals surface area (Å²) in [7, 11) is 0. The van der Waals surface area contributed by atoms with Crippen LogP contribution in [0.3, 0.4) is 0 Å². The number of nitrogens with zero attached hydrogens (tertiary/aromatic N) is 3. The zero-order valence-electron chi connectivity index (χ0n) is 24.9. The Morgan fingerprint density at radius 3 is 1.62 bits per heavy atom. The molecule has 45 heavy (non-hydrogen) atoms. The second-order valence-corrected chi connectivity index (χ2v) is 12.1. The largest absolute Gasteiger partial charge is 0.323 e. The molecule has 0 radical (unpaired) electrons. The molecule has 6 aromatic rings. The minimum atomic E-state index is 0.319. The van der Waals surface area contributed by atoms with Gasteiger partial charge in [0.2, 0.25) is 5.95 Å². The highest BCUT2D eigenvalue weighted by Crippen LogP contribution is 2.44. The highest BCUT2D eigenvalue weighted by Gasteiger charge is 2.23. The molecule has 0 saturated carbocycles. The fraction of sp³-hybridized carbons (Fsp3) is 0.0750. The van der Waals surface area contributed by atoms with Crippen LogP contribution in [0.15, 0.2) is 150 Å². The Bertz CT molecular complexity index is 1950. The molecule has 0 aliphatic heterocycles. The third-order valence-electron chi connectivity index (χ3n) is 8.07. The molecule has 0 spiro atoms. The van der Waals surface area contributed by atoms with Gasteiger partial charge in [-0.25, -0.2) is 4.98 Å². The van der Waals surface area contributed by atoms with Gasteiger partial charge >= 0.3 is 0 Å². The highest BCUT2D eigenvalue weighted by atomic mass is 79.9. The SMILES string of the molecule is CC1CC=C(Br)C=C1c1cc(-c2ccccc2)cc(-c2ccccc2)c1Nc1nc(-c2ccccc2)nc(-c2ccccc2)n1. The van der Waals surface area contributed by atoms with Crippen molar-refractivity contribution < 1.29 is 0 Å². The topological polar surface area (TPSA) is 50.7 Å². The maximum absolute atomic E-state index is 4.99. The molecule has 0 fully saturated rings. The van der Waals surface area contributed by atoms with Gasteiger partial charge in [-0.2, -0.15) is 9.97 Å². The number of allylic oxidation sites excluding steroid dienone is 4. The predicted octanol–water partition coefficient (Wildman–Crippen LogP) is 11.0. The third-order valence-corrected chi connectivity index (χ3v) is 8.62. The van der Waals surface area contributed by atoms with Gasteiger partial charge in [0, 0.05) is 26.7 Å². The van der Waals surface area contributed by atoms with Crippen molar-refractivity contribution >= 4 is 33.1 Å². The van der Waals surface area contributed by atoms with Gasteiger partial charge in [0.1, 0.15) is 0 Å². The first-order valence-electron chi connectivity index (χ1n) is 15.1. The fourth-order valence-corrected chi connectivity index (χ4v) is 6.17. The second-order valence-electron chi connectivity index (χ2n) is 11.2. The first-order chi connectivity index (χ1) is 22.1. The van der Waals surface area contributed by atoms with Gasteiger partial charge in [-0.05, 0) is 52.8 Å². The Labute approximate surface area is 272 Å². The van der Waals surface area contributed by atoms with E-state index in [1.165, 1.54) is 11.1 Å². The minimum absolute atomic E-state index is 0.319. The van der Waals surface area contributed by atoms with Gasteiger partial charge in [-0.1, -0.05) is 150 Å². The summed E-state index contributed by atoms with van der Waals surface area (Å²) in [6.45, 7) is 2.28. The van der Waals surface area contributed by atoms with E-state index >= 15 is 0 Å². The quantitative estimate of drug-likeness (QED) is 0.187. The van der Waals surface area contributed by atoms with Crippen LogP contribution < -0.4 is 5.32 Å². The van der Waals surface area contributed by atoms with Gasteiger partial charge in [-0.3, -0.25) is 0 Å². The molecular weight excluding hydrogens is 616 g/mol. The number of aromatic nitrogens is 3. The Morgan fingerprint density at radius 1 is 0.578 bits per heavy atom. The van der Waals surface area contributed by atoms with Crippen LogP contribution in [0, 0.1) is 5.92 Å². The molecule has 1 unspecified atom stereocenters. The number of anilines is 2. The molecule has 1 heterocycles. The summed E-state index contributed by atoms with van der Waals surface area (Å²) in [5.41, 5.74) is 9.70. The molecule has 0 saturated heterocycles. The van der Waals surface area contributed by atoms with Crippen LogP contribution in [0.25, 0.3) is 50.6 Å². The molecule has 218 valence electrons. The molecule has 5 aromatic carbocycles. The number of halogens is 1. The van der Waals surface area contributed by atoms with E-state index in [-0.39, 0.29) is 0 Å². The van der Waals surface area contributed by atoms with Crippen LogP contribution in [-0.4, -0.2) is 15.0 Å². The summed E-state index contributed by atoms with van der Waals surface area (Å²) in [6.07, 6.45) is 5.44. The van der Waals surface area contributed by atoms with E-state index in [2.05, 4.69) is 113 Å². The number of rotatable bonds is 7. The van der Waals surface area contributed by atoms with Crippen molar-refractivity contribution in [1.82, 2.24) is 15.0 Å². The summed E-state index contributed by atoms with van der Waals surface area (Å²) < 4.78 is 1.09. The predicted molar refractivity (Wildman–Crippen MR) is 190 cm³/mol. The van der Waals surface area contributed by atoms with Crippen LogP contribution in [0.1, 0.15) is 18.9 Å².